The maximum absolute atomic E-state index is 14.9. The van der Waals surface area contributed by atoms with E-state index < -0.39 is 23.2 Å². The molecule has 1 aliphatic heterocycles. The Bertz CT molecular complexity index is 1070. The molecule has 1 fully saturated rings. The molecule has 7 nitrogen and oxygen atoms in total. The Hall–Kier alpha value is -2.98. The van der Waals surface area contributed by atoms with Gasteiger partial charge in [-0.25, -0.2) is 23.1 Å². The molecule has 0 aliphatic carbocycles. The van der Waals surface area contributed by atoms with Gasteiger partial charge in [-0.2, -0.15) is 0 Å². The molecule has 29 heavy (non-hydrogen) atoms. The highest BCUT2D eigenvalue weighted by atomic mass is 32.2. The van der Waals surface area contributed by atoms with Crippen LogP contribution < -0.4 is 15.8 Å². The van der Waals surface area contributed by atoms with Crippen LogP contribution in [0.3, 0.4) is 0 Å². The molecule has 4 rings (SSSR count). The van der Waals surface area contributed by atoms with Crippen molar-refractivity contribution in [3.8, 4) is 0 Å². The third kappa shape index (κ3) is 3.94. The van der Waals surface area contributed by atoms with Crippen molar-refractivity contribution in [3.05, 3.63) is 53.9 Å². The van der Waals surface area contributed by atoms with Crippen molar-refractivity contribution in [1.82, 2.24) is 14.3 Å². The maximum Gasteiger partial charge on any atom is 0.258 e. The fraction of sp³-hybridized carbons (Fsp3) is 0.211. The predicted octanol–water partition coefficient (Wildman–Crippen LogP) is 3.81. The van der Waals surface area contributed by atoms with Gasteiger partial charge in [0.05, 0.1) is 16.8 Å². The molecule has 1 amide bonds. The number of anilines is 3. The lowest BCUT2D eigenvalue weighted by Crippen LogP contribution is -2.16. The van der Waals surface area contributed by atoms with Crippen molar-refractivity contribution in [3.63, 3.8) is 0 Å². The van der Waals surface area contributed by atoms with E-state index in [1.54, 1.807) is 12.1 Å². The smallest absolute Gasteiger partial charge is 0.258 e. The van der Waals surface area contributed by atoms with Crippen LogP contribution in [-0.2, 0) is 0 Å². The fourth-order valence-electron chi connectivity index (χ4n) is 3.11. The monoisotopic (exact) mass is 416 g/mol. The van der Waals surface area contributed by atoms with Crippen molar-refractivity contribution in [2.24, 2.45) is 0 Å². The average Bonchev–Trinajstić information content (AvgIpc) is 3.24. The van der Waals surface area contributed by atoms with E-state index in [1.165, 1.54) is 30.6 Å². The molecule has 4 N–H and O–H groups in total. The van der Waals surface area contributed by atoms with E-state index in [9.17, 15) is 13.6 Å². The van der Waals surface area contributed by atoms with E-state index in [0.29, 0.717) is 10.9 Å². The quantitative estimate of drug-likeness (QED) is 0.544. The minimum atomic E-state index is -0.876. The lowest BCUT2D eigenvalue weighted by molar-refractivity contribution is 0.102. The summed E-state index contributed by atoms with van der Waals surface area (Å²) >= 11 is 1.26. The minimum Gasteiger partial charge on any atom is -0.383 e. The summed E-state index contributed by atoms with van der Waals surface area (Å²) in [5.41, 5.74) is 5.81. The second kappa shape index (κ2) is 8.18. The number of fused-ring (bicyclic) bond motifs is 1. The predicted molar refractivity (Wildman–Crippen MR) is 110 cm³/mol. The van der Waals surface area contributed by atoms with Crippen LogP contribution >= 0.6 is 12.1 Å². The van der Waals surface area contributed by atoms with E-state index in [2.05, 4.69) is 24.3 Å². The highest BCUT2D eigenvalue weighted by molar-refractivity contribution is 7.98. The number of halogens is 2. The fourth-order valence-corrected chi connectivity index (χ4v) is 3.94. The largest absolute Gasteiger partial charge is 0.383 e. The zero-order valence-electron chi connectivity index (χ0n) is 15.3. The van der Waals surface area contributed by atoms with Gasteiger partial charge >= 0.3 is 0 Å². The van der Waals surface area contributed by atoms with Crippen LogP contribution in [0.15, 0.2) is 36.7 Å². The molecular formula is C19H18F2N6OS. The molecule has 3 aromatic rings. The zero-order valence-corrected chi connectivity index (χ0v) is 16.1. The lowest BCUT2D eigenvalue weighted by Gasteiger charge is -2.16. The summed E-state index contributed by atoms with van der Waals surface area (Å²) < 4.78 is 34.1. The van der Waals surface area contributed by atoms with Gasteiger partial charge in [0.2, 0.25) is 0 Å². The van der Waals surface area contributed by atoms with Crippen LogP contribution in [0.1, 0.15) is 23.2 Å². The molecule has 0 saturated carbocycles. The van der Waals surface area contributed by atoms with Crippen LogP contribution in [0.25, 0.3) is 10.9 Å². The molecule has 1 aliphatic rings. The molecule has 0 spiro atoms. The number of nitrogens with two attached hydrogens (primary N) is 1. The number of carbonyl (C=O) groups is 1. The van der Waals surface area contributed by atoms with Gasteiger partial charge in [-0.15, -0.1) is 0 Å². The van der Waals surface area contributed by atoms with Crippen LogP contribution in [0.2, 0.25) is 0 Å². The Labute approximate surface area is 170 Å². The van der Waals surface area contributed by atoms with Crippen LogP contribution in [0.5, 0.6) is 0 Å². The molecule has 0 bridgehead atoms. The number of nitrogens with one attached hydrogen (secondary N) is 2. The summed E-state index contributed by atoms with van der Waals surface area (Å²) in [5, 5.41) is 2.81. The second-order valence-corrected chi connectivity index (χ2v) is 7.43. The third-order valence-corrected chi connectivity index (χ3v) is 5.55. The number of aromatic nitrogens is 2. The van der Waals surface area contributed by atoms with E-state index in [1.807, 2.05) is 0 Å². The maximum atomic E-state index is 14.9. The second-order valence-electron chi connectivity index (χ2n) is 6.53. The Balaban J connectivity index is 1.60. The van der Waals surface area contributed by atoms with Gasteiger partial charge < -0.3 is 15.8 Å². The number of rotatable bonds is 5. The van der Waals surface area contributed by atoms with E-state index >= 15 is 0 Å². The Kier molecular flexibility index (Phi) is 5.45. The van der Waals surface area contributed by atoms with Crippen molar-refractivity contribution < 1.29 is 13.6 Å². The topological polar surface area (TPSA) is 96.2 Å². The number of para-hydroxylation sites is 1. The standard InChI is InChI=1S/C19H18F2N6OS/c20-13-6-7-14(26-29-27-8-1-2-9-27)15(21)17(13)25-19(28)12-5-3-4-11-16(12)23-10-24-18(11)22/h3-7,10,26H,1-2,8-9H2,(H,25,28)(H2,22,23,24). The van der Waals surface area contributed by atoms with E-state index in [4.69, 9.17) is 5.73 Å². The highest BCUT2D eigenvalue weighted by Crippen LogP contribution is 2.30. The number of carbonyl (C=O) groups excluding carboxylic acids is 1. The van der Waals surface area contributed by atoms with Gasteiger partial charge in [0.15, 0.2) is 5.82 Å². The molecule has 1 aromatic heterocycles. The first-order valence-corrected chi connectivity index (χ1v) is 9.78. The number of nitrogen functional groups attached to an aromatic ring is 1. The number of amides is 1. The van der Waals surface area contributed by atoms with Crippen molar-refractivity contribution in [1.29, 1.82) is 0 Å². The van der Waals surface area contributed by atoms with Crippen LogP contribution in [0, 0.1) is 11.6 Å². The Morgan fingerprint density at radius 3 is 2.72 bits per heavy atom. The average molecular weight is 416 g/mol. The Morgan fingerprint density at radius 1 is 1.14 bits per heavy atom. The van der Waals surface area contributed by atoms with Gasteiger partial charge in [0, 0.05) is 30.6 Å². The zero-order chi connectivity index (χ0) is 20.4. The minimum absolute atomic E-state index is 0.0862. The first kappa shape index (κ1) is 19.3. The number of hydrogen-bond acceptors (Lipinski definition) is 7. The van der Waals surface area contributed by atoms with Crippen molar-refractivity contribution in [2.45, 2.75) is 12.8 Å². The SMILES string of the molecule is Nc1ncnc2c(C(=O)Nc3c(F)ccc(NSN4CCCC4)c3F)cccc12. The molecule has 10 heteroatoms. The van der Waals surface area contributed by atoms with Crippen molar-refractivity contribution >= 4 is 46.1 Å². The van der Waals surface area contributed by atoms with E-state index in [-0.39, 0.29) is 17.1 Å². The molecular weight excluding hydrogens is 398 g/mol. The summed E-state index contributed by atoms with van der Waals surface area (Å²) in [4.78, 5) is 20.7. The molecule has 1 saturated heterocycles. The van der Waals surface area contributed by atoms with Crippen molar-refractivity contribution in [2.75, 3.05) is 28.9 Å². The van der Waals surface area contributed by atoms with E-state index in [0.717, 1.165) is 32.0 Å². The first-order valence-electron chi connectivity index (χ1n) is 9.01. The van der Waals surface area contributed by atoms with Gasteiger partial charge in [0.25, 0.3) is 5.91 Å². The lowest BCUT2D eigenvalue weighted by atomic mass is 10.1. The summed E-state index contributed by atoms with van der Waals surface area (Å²) in [5.74, 6) is -2.23. The van der Waals surface area contributed by atoms with Crippen LogP contribution in [-0.4, -0.2) is 33.3 Å². The van der Waals surface area contributed by atoms with Crippen LogP contribution in [0.4, 0.5) is 26.0 Å². The molecule has 0 unspecified atom stereocenters. The summed E-state index contributed by atoms with van der Waals surface area (Å²) in [6.45, 7) is 1.80. The normalized spacial score (nSPS) is 14.3. The highest BCUT2D eigenvalue weighted by Gasteiger charge is 2.20. The van der Waals surface area contributed by atoms with Gasteiger partial charge in [-0.1, -0.05) is 6.07 Å². The van der Waals surface area contributed by atoms with Gasteiger partial charge in [-0.05, 0) is 37.1 Å². The number of nitrogens with zero attached hydrogens (tertiary/aromatic N) is 3. The Morgan fingerprint density at radius 2 is 1.93 bits per heavy atom. The molecule has 0 atom stereocenters. The van der Waals surface area contributed by atoms with Gasteiger partial charge in [0.1, 0.15) is 23.6 Å². The molecule has 150 valence electrons. The summed E-state index contributed by atoms with van der Waals surface area (Å²) in [7, 11) is 0. The summed E-state index contributed by atoms with van der Waals surface area (Å²) in [6.07, 6.45) is 3.40. The number of hydrogen-bond donors (Lipinski definition) is 3. The molecule has 0 radical (unpaired) electrons. The van der Waals surface area contributed by atoms with Gasteiger partial charge in [-0.3, -0.25) is 4.79 Å². The molecule has 2 heterocycles. The first-order chi connectivity index (χ1) is 14.0. The third-order valence-electron chi connectivity index (χ3n) is 4.62. The molecule has 2 aromatic carbocycles. The number of benzene rings is 2. The summed E-state index contributed by atoms with van der Waals surface area (Å²) in [6, 6.07) is 7.19.